The lowest BCUT2D eigenvalue weighted by Gasteiger charge is -2.38. The number of nitrogens with zero attached hydrogens (tertiary/aromatic N) is 3. The molecule has 10 heteroatoms. The van der Waals surface area contributed by atoms with Crippen LogP contribution in [0.3, 0.4) is 0 Å². The van der Waals surface area contributed by atoms with E-state index in [2.05, 4.69) is 11.1 Å². The van der Waals surface area contributed by atoms with Gasteiger partial charge >= 0.3 is 12.1 Å². The number of hydrogen-bond donors (Lipinski definition) is 0. The van der Waals surface area contributed by atoms with Crippen LogP contribution >= 0.6 is 0 Å². The van der Waals surface area contributed by atoms with Gasteiger partial charge < -0.3 is 4.90 Å². The molecule has 2 aliphatic heterocycles. The van der Waals surface area contributed by atoms with Crippen molar-refractivity contribution in [3.8, 4) is 0 Å². The lowest BCUT2D eigenvalue weighted by molar-refractivity contribution is -0.186. The molecule has 0 bridgehead atoms. The van der Waals surface area contributed by atoms with Gasteiger partial charge in [0.25, 0.3) is 0 Å². The van der Waals surface area contributed by atoms with E-state index in [4.69, 9.17) is 0 Å². The molecule has 1 fully saturated rings. The summed E-state index contributed by atoms with van der Waals surface area (Å²) >= 11 is 0. The van der Waals surface area contributed by atoms with Crippen molar-refractivity contribution in [3.63, 3.8) is 0 Å². The number of sulfonamides is 1. The number of allylic oxidation sites excluding steroid dienone is 1. The molecule has 1 spiro atoms. The summed E-state index contributed by atoms with van der Waals surface area (Å²) in [5.74, 6) is -1.87. The number of fused-ring (bicyclic) bond motifs is 3. The van der Waals surface area contributed by atoms with Crippen molar-refractivity contribution in [2.45, 2.75) is 42.3 Å². The van der Waals surface area contributed by atoms with Crippen LogP contribution in [0.15, 0.2) is 47.5 Å². The van der Waals surface area contributed by atoms with Crippen molar-refractivity contribution in [2.75, 3.05) is 19.6 Å². The molecule has 3 heterocycles. The molecule has 3 aliphatic rings. The van der Waals surface area contributed by atoms with E-state index >= 15 is 0 Å². The predicted molar refractivity (Wildman–Crippen MR) is 115 cm³/mol. The third-order valence-electron chi connectivity index (χ3n) is 6.86. The molecule has 5 rings (SSSR count). The lowest BCUT2D eigenvalue weighted by Crippen LogP contribution is -2.44. The predicted octanol–water partition coefficient (Wildman–Crippen LogP) is 3.28. The van der Waals surface area contributed by atoms with Crippen molar-refractivity contribution >= 4 is 22.0 Å². The molecule has 174 valence electrons. The summed E-state index contributed by atoms with van der Waals surface area (Å²) in [6, 6.07) is 8.37. The van der Waals surface area contributed by atoms with E-state index in [1.807, 2.05) is 18.2 Å². The first-order valence-corrected chi connectivity index (χ1v) is 12.2. The molecule has 1 aromatic heterocycles. The van der Waals surface area contributed by atoms with Gasteiger partial charge in [-0.05, 0) is 54.2 Å². The topological polar surface area (TPSA) is 70.6 Å². The highest BCUT2D eigenvalue weighted by molar-refractivity contribution is 7.89. The molecule has 1 saturated heterocycles. The third kappa shape index (κ3) is 3.74. The van der Waals surface area contributed by atoms with E-state index in [1.165, 1.54) is 22.5 Å². The summed E-state index contributed by atoms with van der Waals surface area (Å²) in [6.07, 6.45) is 2.45. The molecule has 0 saturated carbocycles. The minimum absolute atomic E-state index is 0.0974. The van der Waals surface area contributed by atoms with Crippen molar-refractivity contribution in [2.24, 2.45) is 0 Å². The van der Waals surface area contributed by atoms with Crippen LogP contribution in [0.1, 0.15) is 35.2 Å². The minimum atomic E-state index is -4.92. The fraction of sp³-hybridized carbons (Fsp3) is 0.391. The van der Waals surface area contributed by atoms with Crippen molar-refractivity contribution in [3.05, 3.63) is 65.0 Å². The summed E-state index contributed by atoms with van der Waals surface area (Å²) in [5, 5.41) is 0. The van der Waals surface area contributed by atoms with Gasteiger partial charge in [0.2, 0.25) is 10.0 Å². The van der Waals surface area contributed by atoms with Gasteiger partial charge in [0.1, 0.15) is 0 Å². The van der Waals surface area contributed by atoms with Gasteiger partial charge in [-0.25, -0.2) is 8.42 Å². The molecule has 2 aromatic rings. The number of hydrogen-bond acceptors (Lipinski definition) is 4. The third-order valence-corrected chi connectivity index (χ3v) is 8.76. The van der Waals surface area contributed by atoms with Gasteiger partial charge in [-0.2, -0.15) is 17.5 Å². The van der Waals surface area contributed by atoms with Crippen molar-refractivity contribution < 1.29 is 26.4 Å². The average molecular weight is 478 g/mol. The Morgan fingerprint density at radius 2 is 1.82 bits per heavy atom. The Morgan fingerprint density at radius 3 is 2.55 bits per heavy atom. The first-order valence-electron chi connectivity index (χ1n) is 10.7. The maximum Gasteiger partial charge on any atom is 0.471 e. The first kappa shape index (κ1) is 22.1. The van der Waals surface area contributed by atoms with Crippen LogP contribution in [0.25, 0.3) is 6.08 Å². The fourth-order valence-electron chi connectivity index (χ4n) is 5.02. The molecule has 33 heavy (non-hydrogen) atoms. The number of rotatable bonds is 2. The SMILES string of the molecule is O=C(N1CCc2cc(S(=O)(=O)N3CCC4(C=Cc5cccnc54)CC3)ccc2C1)C(F)(F)F. The number of benzene rings is 1. The van der Waals surface area contributed by atoms with E-state index < -0.39 is 22.1 Å². The number of aromatic nitrogens is 1. The monoisotopic (exact) mass is 477 g/mol. The zero-order valence-electron chi connectivity index (χ0n) is 17.7. The number of piperidine rings is 1. The summed E-state index contributed by atoms with van der Waals surface area (Å²) in [7, 11) is -3.74. The van der Waals surface area contributed by atoms with Gasteiger partial charge in [0.15, 0.2) is 0 Å². The molecule has 0 unspecified atom stereocenters. The molecule has 1 amide bonds. The molecular formula is C23H22F3N3O3S. The highest BCUT2D eigenvalue weighted by Crippen LogP contribution is 2.43. The Hall–Kier alpha value is -2.72. The number of alkyl halides is 3. The van der Waals surface area contributed by atoms with Crippen LogP contribution in [0.2, 0.25) is 0 Å². The smallest absolute Gasteiger partial charge is 0.330 e. The van der Waals surface area contributed by atoms with E-state index in [0.29, 0.717) is 37.1 Å². The van der Waals surface area contributed by atoms with E-state index in [0.717, 1.165) is 16.2 Å². The molecule has 0 atom stereocenters. The summed E-state index contributed by atoms with van der Waals surface area (Å²) < 4.78 is 66.3. The van der Waals surface area contributed by atoms with Crippen molar-refractivity contribution in [1.82, 2.24) is 14.2 Å². The van der Waals surface area contributed by atoms with Crippen LogP contribution in [0.4, 0.5) is 13.2 Å². The van der Waals surface area contributed by atoms with Gasteiger partial charge in [-0.1, -0.05) is 24.3 Å². The van der Waals surface area contributed by atoms with Crippen LogP contribution in [-0.2, 0) is 33.2 Å². The highest BCUT2D eigenvalue weighted by Gasteiger charge is 2.44. The van der Waals surface area contributed by atoms with Crippen LogP contribution in [0, 0.1) is 0 Å². The number of halogens is 3. The normalized spacial score (nSPS) is 20.0. The first-order chi connectivity index (χ1) is 15.6. The fourth-order valence-corrected chi connectivity index (χ4v) is 6.51. The largest absolute Gasteiger partial charge is 0.471 e. The maximum absolute atomic E-state index is 13.3. The summed E-state index contributed by atoms with van der Waals surface area (Å²) in [4.78, 5) is 17.0. The molecule has 0 N–H and O–H groups in total. The second kappa shape index (κ2) is 7.66. The Labute approximate surface area is 189 Å². The number of pyridine rings is 1. The van der Waals surface area contributed by atoms with Gasteiger partial charge in [-0.3, -0.25) is 9.78 Å². The van der Waals surface area contributed by atoms with Crippen LogP contribution in [0.5, 0.6) is 0 Å². The zero-order chi connectivity index (χ0) is 23.4. The van der Waals surface area contributed by atoms with Gasteiger partial charge in [-0.15, -0.1) is 0 Å². The number of amides is 1. The minimum Gasteiger partial charge on any atom is -0.330 e. The van der Waals surface area contributed by atoms with E-state index in [9.17, 15) is 26.4 Å². The quantitative estimate of drug-likeness (QED) is 0.666. The molecule has 1 aromatic carbocycles. The maximum atomic E-state index is 13.3. The zero-order valence-corrected chi connectivity index (χ0v) is 18.5. The molecule has 0 radical (unpaired) electrons. The van der Waals surface area contributed by atoms with Crippen LogP contribution < -0.4 is 0 Å². The average Bonchev–Trinajstić information content (AvgIpc) is 3.15. The Morgan fingerprint density at radius 1 is 1.06 bits per heavy atom. The molecular weight excluding hydrogens is 455 g/mol. The van der Waals surface area contributed by atoms with E-state index in [1.54, 1.807) is 6.20 Å². The highest BCUT2D eigenvalue weighted by atomic mass is 32.2. The Bertz CT molecular complexity index is 1250. The Kier molecular flexibility index (Phi) is 5.13. The van der Waals surface area contributed by atoms with Gasteiger partial charge in [0, 0.05) is 37.8 Å². The molecule has 1 aliphatic carbocycles. The second-order valence-corrected chi connectivity index (χ2v) is 10.7. The van der Waals surface area contributed by atoms with E-state index in [-0.39, 0.29) is 29.8 Å². The Balaban J connectivity index is 1.32. The van der Waals surface area contributed by atoms with Crippen LogP contribution in [-0.4, -0.2) is 54.3 Å². The van der Waals surface area contributed by atoms with Crippen molar-refractivity contribution in [1.29, 1.82) is 0 Å². The van der Waals surface area contributed by atoms with Gasteiger partial charge in [0.05, 0.1) is 10.6 Å². The summed E-state index contributed by atoms with van der Waals surface area (Å²) in [6.45, 7) is 0.431. The molecule has 6 nitrogen and oxygen atoms in total. The standard InChI is InChI=1S/C23H22F3N3O3S/c24-23(25,26)21(30)28-11-6-17-14-19(4-3-18(17)15-28)33(31,32)29-12-8-22(9-13-29)7-5-16-2-1-10-27-20(16)22/h1-5,7,10,14H,6,8-9,11-13,15H2. The number of carbonyl (C=O) groups is 1. The second-order valence-electron chi connectivity index (χ2n) is 8.74. The number of carbonyl (C=O) groups excluding carboxylic acids is 1. The lowest BCUT2D eigenvalue weighted by atomic mass is 9.78. The summed E-state index contributed by atoms with van der Waals surface area (Å²) in [5.41, 5.74) is 3.02.